The lowest BCUT2D eigenvalue weighted by Crippen LogP contribution is -2.49. The number of aliphatic hydroxyl groups excluding tert-OH is 5. The summed E-state index contributed by atoms with van der Waals surface area (Å²) in [6.45, 7) is 0.672. The monoisotopic (exact) mass is 336 g/mol. The first-order valence-electron chi connectivity index (χ1n) is 8.43. The predicted octanol–water partition coefficient (Wildman–Crippen LogP) is 0.106. The first-order chi connectivity index (χ1) is 11.0. The van der Waals surface area contributed by atoms with Crippen molar-refractivity contribution in [3.63, 3.8) is 0 Å². The van der Waals surface area contributed by atoms with E-state index in [-0.39, 0.29) is 6.42 Å². The third-order valence-corrected chi connectivity index (χ3v) is 3.74. The largest absolute Gasteiger partial charge is 0.457 e. The second kappa shape index (κ2) is 13.7. The fraction of sp³-hybridized carbons (Fsp3) is 0.938. The van der Waals surface area contributed by atoms with Crippen molar-refractivity contribution in [3.05, 3.63) is 0 Å². The molecule has 4 atom stereocenters. The van der Waals surface area contributed by atoms with Crippen LogP contribution < -0.4 is 0 Å². The first kappa shape index (κ1) is 22.3. The third kappa shape index (κ3) is 9.88. The minimum Gasteiger partial charge on any atom is -0.457 e. The van der Waals surface area contributed by atoms with E-state index in [2.05, 4.69) is 6.92 Å². The molecule has 0 amide bonds. The third-order valence-electron chi connectivity index (χ3n) is 3.74. The Hall–Kier alpha value is -0.730. The van der Waals surface area contributed by atoms with E-state index in [1.807, 2.05) is 0 Å². The van der Waals surface area contributed by atoms with E-state index in [4.69, 9.17) is 14.9 Å². The maximum absolute atomic E-state index is 11.8. The van der Waals surface area contributed by atoms with E-state index in [9.17, 15) is 20.1 Å². The molecule has 5 N–H and O–H groups in total. The highest BCUT2D eigenvalue weighted by atomic mass is 16.6. The van der Waals surface area contributed by atoms with Crippen molar-refractivity contribution in [3.8, 4) is 0 Å². The lowest BCUT2D eigenvalue weighted by Gasteiger charge is -2.28. The van der Waals surface area contributed by atoms with Crippen molar-refractivity contribution in [2.75, 3.05) is 13.2 Å². The number of rotatable bonds is 14. The van der Waals surface area contributed by atoms with Gasteiger partial charge in [-0.1, -0.05) is 45.4 Å². The minimum absolute atomic E-state index is 0.143. The van der Waals surface area contributed by atoms with E-state index < -0.39 is 43.6 Å². The summed E-state index contributed by atoms with van der Waals surface area (Å²) in [5.74, 6) is -0.611. The number of hydrogen-bond donors (Lipinski definition) is 5. The quantitative estimate of drug-likeness (QED) is 0.225. The zero-order chi connectivity index (χ0) is 17.7. The Bertz CT molecular complexity index is 298. The van der Waals surface area contributed by atoms with Gasteiger partial charge in [0.1, 0.15) is 18.3 Å². The van der Waals surface area contributed by atoms with Crippen molar-refractivity contribution in [1.82, 2.24) is 0 Å². The molecule has 0 aromatic heterocycles. The van der Waals surface area contributed by atoms with E-state index >= 15 is 0 Å². The van der Waals surface area contributed by atoms with E-state index in [0.29, 0.717) is 6.42 Å². The molecular weight excluding hydrogens is 304 g/mol. The SMILES string of the molecule is CCCCCCCCCC(=O)O[C@H]([C@@H](O)[C@@H](O)CO)[C@@H](O)CO. The maximum Gasteiger partial charge on any atom is 0.306 e. The summed E-state index contributed by atoms with van der Waals surface area (Å²) in [6, 6.07) is 0. The highest BCUT2D eigenvalue weighted by Crippen LogP contribution is 2.13. The molecule has 0 radical (unpaired) electrons. The molecule has 0 aliphatic carbocycles. The molecule has 0 saturated carbocycles. The smallest absolute Gasteiger partial charge is 0.306 e. The normalized spacial score (nSPS) is 16.6. The Kier molecular flexibility index (Phi) is 13.3. The molecule has 0 saturated heterocycles. The average Bonchev–Trinajstić information content (AvgIpc) is 2.56. The van der Waals surface area contributed by atoms with Crippen LogP contribution in [0.4, 0.5) is 0 Å². The summed E-state index contributed by atoms with van der Waals surface area (Å²) in [7, 11) is 0. The van der Waals surface area contributed by atoms with E-state index in [1.54, 1.807) is 0 Å². The van der Waals surface area contributed by atoms with Crippen LogP contribution in [0.25, 0.3) is 0 Å². The van der Waals surface area contributed by atoms with Gasteiger partial charge in [0.25, 0.3) is 0 Å². The molecule has 0 unspecified atom stereocenters. The van der Waals surface area contributed by atoms with Crippen LogP contribution in [0.1, 0.15) is 58.3 Å². The van der Waals surface area contributed by atoms with Crippen LogP contribution in [0.3, 0.4) is 0 Å². The van der Waals surface area contributed by atoms with Gasteiger partial charge in [-0.25, -0.2) is 0 Å². The minimum atomic E-state index is -1.67. The standard InChI is InChI=1S/C16H32O7/c1-2-3-4-5-6-7-8-9-14(21)23-16(13(20)11-18)15(22)12(19)10-17/h12-13,15-20,22H,2-11H2,1H3/t12-,13-,15-,16-/m0/s1. The Morgan fingerprint density at radius 2 is 1.39 bits per heavy atom. The fourth-order valence-corrected chi connectivity index (χ4v) is 2.24. The molecule has 0 aromatic rings. The van der Waals surface area contributed by atoms with Gasteiger partial charge in [0.2, 0.25) is 0 Å². The summed E-state index contributed by atoms with van der Waals surface area (Å²) in [6.07, 6.45) is 1.23. The van der Waals surface area contributed by atoms with Crippen LogP contribution >= 0.6 is 0 Å². The van der Waals surface area contributed by atoms with Crippen LogP contribution in [-0.4, -0.2) is 69.1 Å². The van der Waals surface area contributed by atoms with Crippen LogP contribution in [0, 0.1) is 0 Å². The van der Waals surface area contributed by atoms with E-state index in [0.717, 1.165) is 19.3 Å². The second-order valence-electron chi connectivity index (χ2n) is 5.82. The number of ether oxygens (including phenoxy) is 1. The molecular formula is C16H32O7. The molecule has 0 fully saturated rings. The Morgan fingerprint density at radius 1 is 0.870 bits per heavy atom. The van der Waals surface area contributed by atoms with Crippen molar-refractivity contribution >= 4 is 5.97 Å². The summed E-state index contributed by atoms with van der Waals surface area (Å²) in [5, 5.41) is 46.5. The summed E-state index contributed by atoms with van der Waals surface area (Å²) in [5.41, 5.74) is 0. The molecule has 7 heteroatoms. The van der Waals surface area contributed by atoms with Gasteiger partial charge in [-0.3, -0.25) is 4.79 Å². The molecule has 0 rings (SSSR count). The topological polar surface area (TPSA) is 127 Å². The van der Waals surface area contributed by atoms with Crippen LogP contribution in [0.15, 0.2) is 0 Å². The fourth-order valence-electron chi connectivity index (χ4n) is 2.24. The van der Waals surface area contributed by atoms with Crippen LogP contribution in [-0.2, 0) is 9.53 Å². The van der Waals surface area contributed by atoms with Gasteiger partial charge in [0.05, 0.1) is 13.2 Å². The second-order valence-corrected chi connectivity index (χ2v) is 5.82. The van der Waals surface area contributed by atoms with Gasteiger partial charge >= 0.3 is 5.97 Å². The number of carbonyl (C=O) groups excluding carboxylic acids is 1. The zero-order valence-corrected chi connectivity index (χ0v) is 13.9. The van der Waals surface area contributed by atoms with Gasteiger partial charge in [-0.05, 0) is 6.42 Å². The molecule has 0 aliphatic heterocycles. The van der Waals surface area contributed by atoms with Crippen molar-refractivity contribution in [2.24, 2.45) is 0 Å². The number of carbonyl (C=O) groups is 1. The zero-order valence-electron chi connectivity index (χ0n) is 13.9. The average molecular weight is 336 g/mol. The number of unbranched alkanes of at least 4 members (excludes halogenated alkanes) is 6. The Labute approximate surface area is 137 Å². The molecule has 0 aliphatic rings. The molecule has 0 heterocycles. The van der Waals surface area contributed by atoms with Crippen LogP contribution in [0.2, 0.25) is 0 Å². The highest BCUT2D eigenvalue weighted by molar-refractivity contribution is 5.69. The van der Waals surface area contributed by atoms with Crippen molar-refractivity contribution in [2.45, 2.75) is 82.7 Å². The molecule has 0 aromatic carbocycles. The lowest BCUT2D eigenvalue weighted by atomic mass is 10.0. The van der Waals surface area contributed by atoms with E-state index in [1.165, 1.54) is 19.3 Å². The molecule has 0 spiro atoms. The molecule has 138 valence electrons. The van der Waals surface area contributed by atoms with Gasteiger partial charge in [-0.2, -0.15) is 0 Å². The number of esters is 1. The summed E-state index contributed by atoms with van der Waals surface area (Å²) in [4.78, 5) is 11.8. The highest BCUT2D eigenvalue weighted by Gasteiger charge is 2.34. The lowest BCUT2D eigenvalue weighted by molar-refractivity contribution is -0.177. The molecule has 0 bridgehead atoms. The summed E-state index contributed by atoms with van der Waals surface area (Å²) < 4.78 is 4.96. The maximum atomic E-state index is 11.8. The number of aliphatic hydroxyl groups is 5. The van der Waals surface area contributed by atoms with Crippen LogP contribution in [0.5, 0.6) is 0 Å². The van der Waals surface area contributed by atoms with Crippen molar-refractivity contribution < 1.29 is 35.1 Å². The van der Waals surface area contributed by atoms with Gasteiger partial charge in [-0.15, -0.1) is 0 Å². The first-order valence-corrected chi connectivity index (χ1v) is 8.43. The Morgan fingerprint density at radius 3 is 1.91 bits per heavy atom. The predicted molar refractivity (Wildman–Crippen MR) is 84.7 cm³/mol. The Balaban J connectivity index is 4.13. The molecule has 23 heavy (non-hydrogen) atoms. The van der Waals surface area contributed by atoms with Gasteiger partial charge in [0, 0.05) is 6.42 Å². The summed E-state index contributed by atoms with van der Waals surface area (Å²) >= 11 is 0. The van der Waals surface area contributed by atoms with Gasteiger partial charge < -0.3 is 30.3 Å². The number of hydrogen-bond acceptors (Lipinski definition) is 7. The molecule has 7 nitrogen and oxygen atoms in total. The van der Waals surface area contributed by atoms with Crippen molar-refractivity contribution in [1.29, 1.82) is 0 Å². The van der Waals surface area contributed by atoms with Gasteiger partial charge in [0.15, 0.2) is 6.10 Å².